The molecule has 3 rings (SSSR count). The van der Waals surface area contributed by atoms with Crippen LogP contribution in [0.5, 0.6) is 11.5 Å². The van der Waals surface area contributed by atoms with Crippen molar-refractivity contribution in [2.24, 2.45) is 0 Å². The van der Waals surface area contributed by atoms with Gasteiger partial charge in [-0.3, -0.25) is 4.79 Å². The third-order valence-corrected chi connectivity index (χ3v) is 4.18. The SMILES string of the molecule is COc1ccc(C(C)NC(=O)c2ccc(-c3nc(C)no3)cc2)c(OC)c1. The topological polar surface area (TPSA) is 86.5 Å². The van der Waals surface area contributed by atoms with Crippen molar-refractivity contribution in [3.05, 3.63) is 59.4 Å². The van der Waals surface area contributed by atoms with E-state index >= 15 is 0 Å². The van der Waals surface area contributed by atoms with E-state index in [9.17, 15) is 4.79 Å². The van der Waals surface area contributed by atoms with E-state index in [-0.39, 0.29) is 11.9 Å². The molecule has 140 valence electrons. The first-order valence-electron chi connectivity index (χ1n) is 8.45. The predicted octanol–water partition coefficient (Wildman–Crippen LogP) is 3.55. The van der Waals surface area contributed by atoms with Gasteiger partial charge in [-0.05, 0) is 50.2 Å². The number of aryl methyl sites for hydroxylation is 1. The summed E-state index contributed by atoms with van der Waals surface area (Å²) in [5.74, 6) is 2.16. The second-order valence-corrected chi connectivity index (χ2v) is 6.03. The van der Waals surface area contributed by atoms with Gasteiger partial charge in [0.05, 0.1) is 20.3 Å². The van der Waals surface area contributed by atoms with Gasteiger partial charge in [0.25, 0.3) is 11.8 Å². The first-order valence-corrected chi connectivity index (χ1v) is 8.45. The van der Waals surface area contributed by atoms with Crippen molar-refractivity contribution >= 4 is 5.91 Å². The Morgan fingerprint density at radius 2 is 1.85 bits per heavy atom. The molecule has 7 nitrogen and oxygen atoms in total. The van der Waals surface area contributed by atoms with Crippen molar-refractivity contribution in [1.29, 1.82) is 0 Å². The zero-order valence-corrected chi connectivity index (χ0v) is 15.6. The fraction of sp³-hybridized carbons (Fsp3) is 0.250. The summed E-state index contributed by atoms with van der Waals surface area (Å²) in [6.07, 6.45) is 0. The smallest absolute Gasteiger partial charge is 0.257 e. The highest BCUT2D eigenvalue weighted by Crippen LogP contribution is 2.29. The second kappa shape index (κ2) is 7.90. The average Bonchev–Trinajstić information content (AvgIpc) is 3.13. The molecule has 1 N–H and O–H groups in total. The molecule has 1 aromatic heterocycles. The highest BCUT2D eigenvalue weighted by atomic mass is 16.5. The van der Waals surface area contributed by atoms with Crippen molar-refractivity contribution in [3.63, 3.8) is 0 Å². The molecule has 0 saturated carbocycles. The number of carbonyl (C=O) groups excluding carboxylic acids is 1. The molecular formula is C20H21N3O4. The molecule has 1 atom stereocenters. The molecule has 0 spiro atoms. The van der Waals surface area contributed by atoms with E-state index in [1.165, 1.54) is 0 Å². The van der Waals surface area contributed by atoms with E-state index in [4.69, 9.17) is 14.0 Å². The van der Waals surface area contributed by atoms with Crippen LogP contribution in [0, 0.1) is 6.92 Å². The number of hydrogen-bond acceptors (Lipinski definition) is 6. The van der Waals surface area contributed by atoms with Gasteiger partial charge >= 0.3 is 0 Å². The lowest BCUT2D eigenvalue weighted by Gasteiger charge is -2.18. The van der Waals surface area contributed by atoms with Gasteiger partial charge in [0.1, 0.15) is 11.5 Å². The number of amides is 1. The number of aromatic nitrogens is 2. The van der Waals surface area contributed by atoms with Crippen LogP contribution in [0.3, 0.4) is 0 Å². The molecule has 0 fully saturated rings. The van der Waals surface area contributed by atoms with E-state index in [1.54, 1.807) is 51.5 Å². The van der Waals surface area contributed by atoms with Crippen LogP contribution in [-0.2, 0) is 0 Å². The number of nitrogens with one attached hydrogen (secondary N) is 1. The zero-order valence-electron chi connectivity index (χ0n) is 15.6. The van der Waals surface area contributed by atoms with Crippen LogP contribution in [0.2, 0.25) is 0 Å². The third-order valence-electron chi connectivity index (χ3n) is 4.18. The van der Waals surface area contributed by atoms with Gasteiger partial charge in [0.2, 0.25) is 0 Å². The molecule has 1 unspecified atom stereocenters. The van der Waals surface area contributed by atoms with Crippen LogP contribution < -0.4 is 14.8 Å². The summed E-state index contributed by atoms with van der Waals surface area (Å²) in [6, 6.07) is 12.3. The Balaban J connectivity index is 1.73. The molecule has 27 heavy (non-hydrogen) atoms. The largest absolute Gasteiger partial charge is 0.497 e. The predicted molar refractivity (Wildman–Crippen MR) is 99.9 cm³/mol. The van der Waals surface area contributed by atoms with E-state index in [2.05, 4.69) is 15.5 Å². The Kier molecular flexibility index (Phi) is 5.40. The quantitative estimate of drug-likeness (QED) is 0.717. The molecule has 2 aromatic carbocycles. The van der Waals surface area contributed by atoms with E-state index in [0.29, 0.717) is 28.8 Å². The van der Waals surface area contributed by atoms with Crippen LogP contribution in [0.15, 0.2) is 47.0 Å². The Morgan fingerprint density at radius 3 is 2.44 bits per heavy atom. The Hall–Kier alpha value is -3.35. The van der Waals surface area contributed by atoms with Crippen LogP contribution in [-0.4, -0.2) is 30.3 Å². The van der Waals surface area contributed by atoms with Crippen LogP contribution in [0.25, 0.3) is 11.5 Å². The molecule has 1 amide bonds. The third kappa shape index (κ3) is 4.08. The Morgan fingerprint density at radius 1 is 1.11 bits per heavy atom. The number of benzene rings is 2. The van der Waals surface area contributed by atoms with Gasteiger partial charge in [0.15, 0.2) is 5.82 Å². The maximum atomic E-state index is 12.6. The minimum atomic E-state index is -0.239. The van der Waals surface area contributed by atoms with Crippen LogP contribution >= 0.6 is 0 Å². The molecule has 0 aliphatic rings. The summed E-state index contributed by atoms with van der Waals surface area (Å²) in [6.45, 7) is 3.65. The molecule has 0 aliphatic carbocycles. The van der Waals surface area contributed by atoms with Crippen molar-refractivity contribution in [2.45, 2.75) is 19.9 Å². The van der Waals surface area contributed by atoms with Crippen molar-refractivity contribution < 1.29 is 18.8 Å². The molecular weight excluding hydrogens is 346 g/mol. The summed E-state index contributed by atoms with van der Waals surface area (Å²) >= 11 is 0. The van der Waals surface area contributed by atoms with Gasteiger partial charge in [-0.2, -0.15) is 4.98 Å². The van der Waals surface area contributed by atoms with E-state index < -0.39 is 0 Å². The summed E-state index contributed by atoms with van der Waals surface area (Å²) in [4.78, 5) is 16.7. The van der Waals surface area contributed by atoms with Gasteiger partial charge in [0, 0.05) is 22.8 Å². The van der Waals surface area contributed by atoms with Crippen molar-refractivity contribution in [3.8, 4) is 23.0 Å². The maximum absolute atomic E-state index is 12.6. The van der Waals surface area contributed by atoms with Gasteiger partial charge in [-0.1, -0.05) is 5.16 Å². The fourth-order valence-electron chi connectivity index (χ4n) is 2.71. The molecule has 1 heterocycles. The van der Waals surface area contributed by atoms with E-state index in [0.717, 1.165) is 11.1 Å². The number of ether oxygens (including phenoxy) is 2. The molecule has 0 aliphatic heterocycles. The van der Waals surface area contributed by atoms with E-state index in [1.807, 2.05) is 19.1 Å². The van der Waals surface area contributed by atoms with Gasteiger partial charge in [-0.15, -0.1) is 0 Å². The van der Waals surface area contributed by atoms with Crippen molar-refractivity contribution in [2.75, 3.05) is 14.2 Å². The number of nitrogens with zero attached hydrogens (tertiary/aromatic N) is 2. The van der Waals surface area contributed by atoms with Crippen LogP contribution in [0.1, 0.15) is 34.7 Å². The lowest BCUT2D eigenvalue weighted by Crippen LogP contribution is -2.26. The van der Waals surface area contributed by atoms with Crippen LogP contribution in [0.4, 0.5) is 0 Å². The number of methoxy groups -OCH3 is 2. The fourth-order valence-corrected chi connectivity index (χ4v) is 2.71. The lowest BCUT2D eigenvalue weighted by molar-refractivity contribution is 0.0939. The van der Waals surface area contributed by atoms with Gasteiger partial charge < -0.3 is 19.3 Å². The standard InChI is InChI=1S/C20H21N3O4/c1-12(17-10-9-16(25-3)11-18(17)26-4)21-19(24)14-5-7-15(8-6-14)20-22-13(2)23-27-20/h5-12H,1-4H3,(H,21,24). The molecule has 3 aromatic rings. The monoisotopic (exact) mass is 367 g/mol. The normalized spacial score (nSPS) is 11.7. The second-order valence-electron chi connectivity index (χ2n) is 6.03. The lowest BCUT2D eigenvalue weighted by atomic mass is 10.1. The first-order chi connectivity index (χ1) is 13.0. The summed E-state index contributed by atoms with van der Waals surface area (Å²) in [5.41, 5.74) is 2.16. The average molecular weight is 367 g/mol. The van der Waals surface area contributed by atoms with Crippen molar-refractivity contribution in [1.82, 2.24) is 15.5 Å². The number of carbonyl (C=O) groups is 1. The van der Waals surface area contributed by atoms with Gasteiger partial charge in [-0.25, -0.2) is 0 Å². The number of hydrogen-bond donors (Lipinski definition) is 1. The number of rotatable bonds is 6. The molecule has 0 saturated heterocycles. The minimum absolute atomic E-state index is 0.186. The molecule has 0 bridgehead atoms. The molecule has 0 radical (unpaired) electrons. The zero-order chi connectivity index (χ0) is 19.4. The highest BCUT2D eigenvalue weighted by molar-refractivity contribution is 5.94. The first kappa shape index (κ1) is 18.4. The summed E-state index contributed by atoms with van der Waals surface area (Å²) in [5, 5.41) is 6.74. The maximum Gasteiger partial charge on any atom is 0.257 e. The summed E-state index contributed by atoms with van der Waals surface area (Å²) in [7, 11) is 3.18. The minimum Gasteiger partial charge on any atom is -0.497 e. The highest BCUT2D eigenvalue weighted by Gasteiger charge is 2.16. The molecule has 7 heteroatoms. The Bertz CT molecular complexity index is 935. The summed E-state index contributed by atoms with van der Waals surface area (Å²) < 4.78 is 15.7. The Labute approximate surface area is 157 Å².